The molecule has 0 spiro atoms. The van der Waals surface area contributed by atoms with Crippen LogP contribution in [0.15, 0.2) is 36.7 Å². The number of anilines is 1. The highest BCUT2D eigenvalue weighted by molar-refractivity contribution is 5.93. The Labute approximate surface area is 140 Å². The normalized spacial score (nSPS) is 14.4. The van der Waals surface area contributed by atoms with Crippen molar-refractivity contribution < 1.29 is 14.3 Å². The molecule has 7 heteroatoms. The Balaban J connectivity index is 1.65. The minimum absolute atomic E-state index is 0.0580. The van der Waals surface area contributed by atoms with Crippen LogP contribution in [-0.2, 0) is 0 Å². The summed E-state index contributed by atoms with van der Waals surface area (Å²) in [6, 6.07) is 8.18. The average molecular weight is 328 g/mol. The summed E-state index contributed by atoms with van der Waals surface area (Å²) in [5.41, 5.74) is 1.53. The topological polar surface area (TPSA) is 67.8 Å². The molecule has 1 aliphatic heterocycles. The molecule has 1 aromatic heterocycles. The number of para-hydroxylation sites is 2. The van der Waals surface area contributed by atoms with Crippen molar-refractivity contribution in [2.45, 2.75) is 0 Å². The summed E-state index contributed by atoms with van der Waals surface area (Å²) >= 11 is 0. The summed E-state index contributed by atoms with van der Waals surface area (Å²) < 4.78 is 10.3. The highest BCUT2D eigenvalue weighted by atomic mass is 16.5. The molecule has 24 heavy (non-hydrogen) atoms. The van der Waals surface area contributed by atoms with Crippen LogP contribution in [0, 0.1) is 0 Å². The van der Waals surface area contributed by atoms with Crippen LogP contribution in [0.2, 0.25) is 0 Å². The molecular formula is C17H20N4O3. The lowest BCUT2D eigenvalue weighted by atomic mass is 10.2. The minimum Gasteiger partial charge on any atom is -0.495 e. The van der Waals surface area contributed by atoms with Gasteiger partial charge in [-0.2, -0.15) is 0 Å². The number of carbonyl (C=O) groups excluding carboxylic acids is 1. The number of ether oxygens (including phenoxy) is 2. The maximum Gasteiger partial charge on any atom is 0.316 e. The zero-order chi connectivity index (χ0) is 16.9. The van der Waals surface area contributed by atoms with E-state index in [1.165, 1.54) is 19.5 Å². The van der Waals surface area contributed by atoms with E-state index in [1.807, 2.05) is 29.2 Å². The molecule has 0 bridgehead atoms. The Morgan fingerprint density at radius 1 is 1.00 bits per heavy atom. The zero-order valence-electron chi connectivity index (χ0n) is 13.8. The maximum atomic E-state index is 12.5. The predicted octanol–water partition coefficient (Wildman–Crippen LogP) is 1.46. The van der Waals surface area contributed by atoms with E-state index < -0.39 is 0 Å². The van der Waals surface area contributed by atoms with Gasteiger partial charge in [0.15, 0.2) is 0 Å². The number of nitrogens with zero attached hydrogens (tertiary/aromatic N) is 4. The second-order valence-electron chi connectivity index (χ2n) is 5.41. The van der Waals surface area contributed by atoms with Crippen molar-refractivity contribution in [3.05, 3.63) is 42.2 Å². The highest BCUT2D eigenvalue weighted by Crippen LogP contribution is 2.28. The number of hydrogen-bond acceptors (Lipinski definition) is 6. The Kier molecular flexibility index (Phi) is 4.79. The number of methoxy groups -OCH3 is 2. The first kappa shape index (κ1) is 16.0. The number of aromatic nitrogens is 2. The van der Waals surface area contributed by atoms with E-state index in [-0.39, 0.29) is 11.9 Å². The van der Waals surface area contributed by atoms with Gasteiger partial charge in [-0.05, 0) is 12.1 Å². The third-order valence-corrected chi connectivity index (χ3v) is 4.05. The Bertz CT molecular complexity index is 697. The molecule has 3 rings (SSSR count). The van der Waals surface area contributed by atoms with Gasteiger partial charge in [0.25, 0.3) is 5.91 Å². The standard InChI is InChI=1S/C17H20N4O3/c1-23-15-6-4-3-5-14(15)20-7-9-21(10-8-20)16(22)13-11-18-17(24-2)19-12-13/h3-6,11-12H,7-10H2,1-2H3. The molecule has 126 valence electrons. The second kappa shape index (κ2) is 7.16. The van der Waals surface area contributed by atoms with Crippen LogP contribution in [0.4, 0.5) is 5.69 Å². The number of hydrogen-bond donors (Lipinski definition) is 0. The van der Waals surface area contributed by atoms with Crippen molar-refractivity contribution in [2.75, 3.05) is 45.3 Å². The molecule has 2 aromatic rings. The Morgan fingerprint density at radius 2 is 1.67 bits per heavy atom. The number of piperazine rings is 1. The van der Waals surface area contributed by atoms with E-state index in [9.17, 15) is 4.79 Å². The zero-order valence-corrected chi connectivity index (χ0v) is 13.8. The van der Waals surface area contributed by atoms with Gasteiger partial charge in [0.2, 0.25) is 0 Å². The SMILES string of the molecule is COc1ncc(C(=O)N2CCN(c3ccccc3OC)CC2)cn1. The number of benzene rings is 1. The van der Waals surface area contributed by atoms with Gasteiger partial charge in [-0.3, -0.25) is 4.79 Å². The van der Waals surface area contributed by atoms with Gasteiger partial charge in [-0.25, -0.2) is 9.97 Å². The van der Waals surface area contributed by atoms with Gasteiger partial charge < -0.3 is 19.3 Å². The van der Waals surface area contributed by atoms with Crippen molar-refractivity contribution in [1.29, 1.82) is 0 Å². The van der Waals surface area contributed by atoms with Gasteiger partial charge in [0.1, 0.15) is 5.75 Å². The van der Waals surface area contributed by atoms with Crippen LogP contribution in [-0.4, -0.2) is 61.2 Å². The predicted molar refractivity (Wildman–Crippen MR) is 89.7 cm³/mol. The Morgan fingerprint density at radius 3 is 2.29 bits per heavy atom. The van der Waals surface area contributed by atoms with E-state index in [1.54, 1.807) is 7.11 Å². The first-order valence-electron chi connectivity index (χ1n) is 7.76. The fourth-order valence-corrected chi connectivity index (χ4v) is 2.76. The summed E-state index contributed by atoms with van der Waals surface area (Å²) in [6.07, 6.45) is 3.00. The van der Waals surface area contributed by atoms with Gasteiger partial charge in [-0.1, -0.05) is 12.1 Å². The fourth-order valence-electron chi connectivity index (χ4n) is 2.76. The molecule has 0 N–H and O–H groups in total. The quantitative estimate of drug-likeness (QED) is 0.846. The molecule has 1 aliphatic rings. The number of rotatable bonds is 4. The first-order valence-corrected chi connectivity index (χ1v) is 7.76. The fraction of sp³-hybridized carbons (Fsp3) is 0.353. The van der Waals surface area contributed by atoms with Crippen LogP contribution in [0.1, 0.15) is 10.4 Å². The van der Waals surface area contributed by atoms with Gasteiger partial charge >= 0.3 is 6.01 Å². The van der Waals surface area contributed by atoms with Crippen molar-refractivity contribution in [3.63, 3.8) is 0 Å². The van der Waals surface area contributed by atoms with Crippen molar-refractivity contribution in [3.8, 4) is 11.8 Å². The maximum absolute atomic E-state index is 12.5. The van der Waals surface area contributed by atoms with E-state index in [4.69, 9.17) is 9.47 Å². The average Bonchev–Trinajstić information content (AvgIpc) is 2.67. The van der Waals surface area contributed by atoms with Gasteiger partial charge in [0, 0.05) is 38.6 Å². The largest absolute Gasteiger partial charge is 0.495 e. The molecule has 7 nitrogen and oxygen atoms in total. The minimum atomic E-state index is -0.0580. The van der Waals surface area contributed by atoms with E-state index in [2.05, 4.69) is 14.9 Å². The lowest BCUT2D eigenvalue weighted by Crippen LogP contribution is -2.48. The summed E-state index contributed by atoms with van der Waals surface area (Å²) in [5.74, 6) is 0.790. The van der Waals surface area contributed by atoms with Crippen molar-refractivity contribution in [1.82, 2.24) is 14.9 Å². The van der Waals surface area contributed by atoms with Crippen LogP contribution >= 0.6 is 0 Å². The molecule has 0 atom stereocenters. The molecule has 0 unspecified atom stereocenters. The van der Waals surface area contributed by atoms with E-state index >= 15 is 0 Å². The molecule has 1 saturated heterocycles. The third-order valence-electron chi connectivity index (χ3n) is 4.05. The van der Waals surface area contributed by atoms with Gasteiger partial charge in [-0.15, -0.1) is 0 Å². The van der Waals surface area contributed by atoms with Gasteiger partial charge in [0.05, 0.1) is 25.5 Å². The number of amides is 1. The first-order chi connectivity index (χ1) is 11.7. The number of carbonyl (C=O) groups is 1. The highest BCUT2D eigenvalue weighted by Gasteiger charge is 2.24. The molecule has 1 fully saturated rings. The summed E-state index contributed by atoms with van der Waals surface area (Å²) in [4.78, 5) is 24.6. The van der Waals surface area contributed by atoms with Crippen molar-refractivity contribution >= 4 is 11.6 Å². The Hall–Kier alpha value is -2.83. The van der Waals surface area contributed by atoms with Crippen LogP contribution in [0.25, 0.3) is 0 Å². The summed E-state index contributed by atoms with van der Waals surface area (Å²) in [5, 5.41) is 0. The summed E-state index contributed by atoms with van der Waals surface area (Å²) in [6.45, 7) is 2.79. The lowest BCUT2D eigenvalue weighted by Gasteiger charge is -2.36. The molecule has 1 amide bonds. The van der Waals surface area contributed by atoms with E-state index in [0.29, 0.717) is 18.7 Å². The molecule has 2 heterocycles. The van der Waals surface area contributed by atoms with Crippen LogP contribution < -0.4 is 14.4 Å². The summed E-state index contributed by atoms with van der Waals surface area (Å²) in [7, 11) is 3.16. The second-order valence-corrected chi connectivity index (χ2v) is 5.41. The molecule has 0 aliphatic carbocycles. The van der Waals surface area contributed by atoms with Crippen LogP contribution in [0.5, 0.6) is 11.8 Å². The molecule has 1 aromatic carbocycles. The lowest BCUT2D eigenvalue weighted by molar-refractivity contribution is 0.0745. The molecule has 0 radical (unpaired) electrons. The smallest absolute Gasteiger partial charge is 0.316 e. The van der Waals surface area contributed by atoms with E-state index in [0.717, 1.165) is 24.5 Å². The molecular weight excluding hydrogens is 308 g/mol. The molecule has 0 saturated carbocycles. The van der Waals surface area contributed by atoms with Crippen molar-refractivity contribution in [2.24, 2.45) is 0 Å². The third kappa shape index (κ3) is 3.24. The van der Waals surface area contributed by atoms with Crippen LogP contribution in [0.3, 0.4) is 0 Å². The monoisotopic (exact) mass is 328 g/mol.